The SMILES string of the molecule is NC1(Cc2cccc3c2OCCCO3)CC1c1ccccc1. The molecule has 0 saturated heterocycles. The van der Waals surface area contributed by atoms with Gasteiger partial charge in [0.05, 0.1) is 13.2 Å². The van der Waals surface area contributed by atoms with Crippen LogP contribution in [0.3, 0.4) is 0 Å². The fourth-order valence-corrected chi connectivity index (χ4v) is 3.40. The van der Waals surface area contributed by atoms with Crippen LogP contribution >= 0.6 is 0 Å². The summed E-state index contributed by atoms with van der Waals surface area (Å²) in [6.45, 7) is 1.43. The fraction of sp³-hybridized carbons (Fsp3) is 0.368. The van der Waals surface area contributed by atoms with E-state index in [1.807, 2.05) is 18.2 Å². The van der Waals surface area contributed by atoms with Gasteiger partial charge in [-0.15, -0.1) is 0 Å². The number of hydrogen-bond acceptors (Lipinski definition) is 3. The molecule has 2 aliphatic rings. The lowest BCUT2D eigenvalue weighted by Gasteiger charge is -2.16. The minimum absolute atomic E-state index is 0.161. The zero-order chi connectivity index (χ0) is 15.0. The number of rotatable bonds is 3. The lowest BCUT2D eigenvalue weighted by molar-refractivity contribution is 0.296. The van der Waals surface area contributed by atoms with E-state index in [1.165, 1.54) is 11.1 Å². The summed E-state index contributed by atoms with van der Waals surface area (Å²) in [4.78, 5) is 0. The van der Waals surface area contributed by atoms with Crippen LogP contribution in [-0.2, 0) is 6.42 Å². The smallest absolute Gasteiger partial charge is 0.164 e. The van der Waals surface area contributed by atoms with E-state index in [0.29, 0.717) is 12.5 Å². The molecule has 4 rings (SSSR count). The summed E-state index contributed by atoms with van der Waals surface area (Å²) in [7, 11) is 0. The third-order valence-corrected chi connectivity index (χ3v) is 4.69. The maximum absolute atomic E-state index is 6.63. The van der Waals surface area contributed by atoms with Crippen molar-refractivity contribution in [1.82, 2.24) is 0 Å². The average molecular weight is 295 g/mol. The molecule has 0 amide bonds. The molecule has 0 bridgehead atoms. The van der Waals surface area contributed by atoms with Crippen molar-refractivity contribution in [2.75, 3.05) is 13.2 Å². The summed E-state index contributed by atoms with van der Waals surface area (Å²) in [6, 6.07) is 16.7. The quantitative estimate of drug-likeness (QED) is 0.945. The van der Waals surface area contributed by atoms with E-state index in [9.17, 15) is 0 Å². The van der Waals surface area contributed by atoms with Gasteiger partial charge in [0.1, 0.15) is 0 Å². The minimum Gasteiger partial charge on any atom is -0.490 e. The van der Waals surface area contributed by atoms with Crippen molar-refractivity contribution < 1.29 is 9.47 Å². The zero-order valence-corrected chi connectivity index (χ0v) is 12.6. The average Bonchev–Trinajstić information content (AvgIpc) is 3.26. The van der Waals surface area contributed by atoms with Crippen LogP contribution in [0.2, 0.25) is 0 Å². The van der Waals surface area contributed by atoms with Crippen LogP contribution in [0, 0.1) is 0 Å². The predicted molar refractivity (Wildman–Crippen MR) is 86.5 cm³/mol. The zero-order valence-electron chi connectivity index (χ0n) is 12.6. The number of ether oxygens (including phenoxy) is 2. The van der Waals surface area contributed by atoms with E-state index in [1.54, 1.807) is 0 Å². The topological polar surface area (TPSA) is 44.5 Å². The Hall–Kier alpha value is -2.00. The first kappa shape index (κ1) is 13.6. The number of hydrogen-bond donors (Lipinski definition) is 1. The first-order chi connectivity index (χ1) is 10.8. The van der Waals surface area contributed by atoms with E-state index in [0.717, 1.165) is 37.4 Å². The second-order valence-electron chi connectivity index (χ2n) is 6.37. The van der Waals surface area contributed by atoms with Crippen LogP contribution in [0.4, 0.5) is 0 Å². The monoisotopic (exact) mass is 295 g/mol. The minimum atomic E-state index is -0.161. The Balaban J connectivity index is 1.57. The maximum Gasteiger partial charge on any atom is 0.164 e. The van der Waals surface area contributed by atoms with Crippen molar-refractivity contribution in [1.29, 1.82) is 0 Å². The van der Waals surface area contributed by atoms with Gasteiger partial charge >= 0.3 is 0 Å². The molecule has 114 valence electrons. The highest BCUT2D eigenvalue weighted by Gasteiger charge is 2.51. The second kappa shape index (κ2) is 5.33. The Morgan fingerprint density at radius 1 is 1.00 bits per heavy atom. The molecule has 1 saturated carbocycles. The molecule has 22 heavy (non-hydrogen) atoms. The number of nitrogens with two attached hydrogens (primary N) is 1. The van der Waals surface area contributed by atoms with Gasteiger partial charge in [0, 0.05) is 17.9 Å². The molecule has 2 atom stereocenters. The number of benzene rings is 2. The first-order valence-electron chi connectivity index (χ1n) is 7.98. The molecule has 1 aliphatic carbocycles. The Kier molecular flexibility index (Phi) is 3.30. The number of fused-ring (bicyclic) bond motifs is 1. The van der Waals surface area contributed by atoms with Crippen molar-refractivity contribution in [3.8, 4) is 11.5 Å². The maximum atomic E-state index is 6.63. The van der Waals surface area contributed by atoms with Gasteiger partial charge in [-0.2, -0.15) is 0 Å². The highest BCUT2D eigenvalue weighted by molar-refractivity contribution is 5.49. The van der Waals surface area contributed by atoms with E-state index >= 15 is 0 Å². The Morgan fingerprint density at radius 2 is 1.82 bits per heavy atom. The van der Waals surface area contributed by atoms with E-state index < -0.39 is 0 Å². The predicted octanol–water partition coefficient (Wildman–Crippen LogP) is 3.28. The molecule has 1 heterocycles. The highest BCUT2D eigenvalue weighted by Crippen LogP contribution is 2.52. The molecule has 1 fully saturated rings. The van der Waals surface area contributed by atoms with Crippen LogP contribution < -0.4 is 15.2 Å². The molecule has 2 N–H and O–H groups in total. The lowest BCUT2D eigenvalue weighted by Crippen LogP contribution is -2.27. The first-order valence-corrected chi connectivity index (χ1v) is 7.98. The molecular weight excluding hydrogens is 274 g/mol. The van der Waals surface area contributed by atoms with Gasteiger partial charge in [-0.3, -0.25) is 0 Å². The summed E-state index contributed by atoms with van der Waals surface area (Å²) in [5.74, 6) is 2.19. The normalized spacial score (nSPS) is 26.3. The molecule has 1 aliphatic heterocycles. The van der Waals surface area contributed by atoms with E-state index in [-0.39, 0.29) is 5.54 Å². The van der Waals surface area contributed by atoms with Crippen LogP contribution in [0.5, 0.6) is 11.5 Å². The Morgan fingerprint density at radius 3 is 2.68 bits per heavy atom. The third kappa shape index (κ3) is 2.46. The van der Waals surface area contributed by atoms with Crippen LogP contribution in [0.25, 0.3) is 0 Å². The van der Waals surface area contributed by atoms with Crippen molar-refractivity contribution in [2.45, 2.75) is 30.7 Å². The van der Waals surface area contributed by atoms with E-state index in [2.05, 4.69) is 30.3 Å². The van der Waals surface area contributed by atoms with Crippen LogP contribution in [-0.4, -0.2) is 18.8 Å². The molecule has 0 radical (unpaired) electrons. The fourth-order valence-electron chi connectivity index (χ4n) is 3.40. The molecule has 2 aromatic carbocycles. The largest absolute Gasteiger partial charge is 0.490 e. The van der Waals surface area contributed by atoms with Gasteiger partial charge in [-0.05, 0) is 30.0 Å². The standard InChI is InChI=1S/C19H21NO2/c20-19(13-16(19)14-6-2-1-3-7-14)12-15-8-4-9-17-18(15)22-11-5-10-21-17/h1-4,6-9,16H,5,10-13,20H2. The van der Waals surface area contributed by atoms with Crippen LogP contribution in [0.15, 0.2) is 48.5 Å². The van der Waals surface area contributed by atoms with Crippen molar-refractivity contribution >= 4 is 0 Å². The summed E-state index contributed by atoms with van der Waals surface area (Å²) in [5.41, 5.74) is 8.97. The molecule has 3 nitrogen and oxygen atoms in total. The van der Waals surface area contributed by atoms with E-state index in [4.69, 9.17) is 15.2 Å². The summed E-state index contributed by atoms with van der Waals surface area (Å²) in [6.07, 6.45) is 2.79. The molecule has 3 heteroatoms. The Bertz CT molecular complexity index is 670. The second-order valence-corrected chi connectivity index (χ2v) is 6.37. The molecule has 2 aromatic rings. The van der Waals surface area contributed by atoms with Gasteiger partial charge in [0.2, 0.25) is 0 Å². The lowest BCUT2D eigenvalue weighted by atomic mass is 9.98. The summed E-state index contributed by atoms with van der Waals surface area (Å²) >= 11 is 0. The molecule has 0 aromatic heterocycles. The van der Waals surface area contributed by atoms with Gasteiger partial charge in [0.15, 0.2) is 11.5 Å². The third-order valence-electron chi connectivity index (χ3n) is 4.69. The summed E-state index contributed by atoms with van der Waals surface area (Å²) < 4.78 is 11.7. The van der Waals surface area contributed by atoms with Gasteiger partial charge in [-0.1, -0.05) is 42.5 Å². The molecular formula is C19H21NO2. The van der Waals surface area contributed by atoms with Gasteiger partial charge < -0.3 is 15.2 Å². The summed E-state index contributed by atoms with van der Waals surface area (Å²) in [5, 5.41) is 0. The van der Waals surface area contributed by atoms with Gasteiger partial charge in [0.25, 0.3) is 0 Å². The van der Waals surface area contributed by atoms with Crippen molar-refractivity contribution in [3.05, 3.63) is 59.7 Å². The van der Waals surface area contributed by atoms with Gasteiger partial charge in [-0.25, -0.2) is 0 Å². The van der Waals surface area contributed by atoms with Crippen LogP contribution in [0.1, 0.15) is 29.9 Å². The molecule has 0 spiro atoms. The van der Waals surface area contributed by atoms with Crippen molar-refractivity contribution in [2.24, 2.45) is 5.73 Å². The Labute approximate surface area is 131 Å². The number of para-hydroxylation sites is 1. The highest BCUT2D eigenvalue weighted by atomic mass is 16.5. The van der Waals surface area contributed by atoms with Crippen molar-refractivity contribution in [3.63, 3.8) is 0 Å². The molecule has 2 unspecified atom stereocenters.